The van der Waals surface area contributed by atoms with Crippen LogP contribution in [0.1, 0.15) is 12.7 Å². The van der Waals surface area contributed by atoms with Gasteiger partial charge in [-0.1, -0.05) is 13.0 Å². The van der Waals surface area contributed by atoms with Crippen LogP contribution in [0.3, 0.4) is 0 Å². The smallest absolute Gasteiger partial charge is 0.194 e. The van der Waals surface area contributed by atoms with Crippen LogP contribution >= 0.6 is 0 Å². The first-order valence-electron chi connectivity index (χ1n) is 9.72. The second kappa shape index (κ2) is 9.87. The Morgan fingerprint density at radius 1 is 1.25 bits per heavy atom. The van der Waals surface area contributed by atoms with Crippen molar-refractivity contribution in [3.8, 4) is 0 Å². The molecular weight excluding hydrogens is 357 g/mol. The molecule has 0 bridgehead atoms. The van der Waals surface area contributed by atoms with E-state index in [0.29, 0.717) is 13.1 Å². The molecule has 0 aliphatic carbocycles. The number of benzene rings is 1. The summed E-state index contributed by atoms with van der Waals surface area (Å²) in [5.74, 6) is 1.67. The van der Waals surface area contributed by atoms with E-state index in [-0.39, 0.29) is 5.82 Å². The number of aliphatic imine (C=N–C) groups is 1. The molecule has 7 nitrogen and oxygen atoms in total. The summed E-state index contributed by atoms with van der Waals surface area (Å²) in [6.45, 7) is 11.4. The van der Waals surface area contributed by atoms with Gasteiger partial charge >= 0.3 is 0 Å². The SMILES string of the molecule is C=CCNC(=NCCn1cnnc1CC)N1CCN(c2ccc(F)cc2)CC1. The molecule has 0 spiro atoms. The number of hydrogen-bond acceptors (Lipinski definition) is 4. The van der Waals surface area contributed by atoms with Crippen LogP contribution in [0.2, 0.25) is 0 Å². The summed E-state index contributed by atoms with van der Waals surface area (Å²) in [4.78, 5) is 9.31. The number of anilines is 1. The van der Waals surface area contributed by atoms with Gasteiger partial charge in [-0.3, -0.25) is 4.99 Å². The number of nitrogens with zero attached hydrogens (tertiary/aromatic N) is 6. The molecule has 0 radical (unpaired) electrons. The molecular formula is C20H28FN7. The van der Waals surface area contributed by atoms with Gasteiger partial charge in [0, 0.05) is 51.4 Å². The molecule has 1 N–H and O–H groups in total. The first-order valence-corrected chi connectivity index (χ1v) is 9.72. The maximum Gasteiger partial charge on any atom is 0.194 e. The molecule has 1 aliphatic rings. The number of guanidine groups is 1. The minimum absolute atomic E-state index is 0.204. The van der Waals surface area contributed by atoms with E-state index < -0.39 is 0 Å². The van der Waals surface area contributed by atoms with Crippen molar-refractivity contribution in [2.45, 2.75) is 19.9 Å². The lowest BCUT2D eigenvalue weighted by atomic mass is 10.2. The fourth-order valence-corrected chi connectivity index (χ4v) is 3.26. The Morgan fingerprint density at radius 3 is 2.68 bits per heavy atom. The third-order valence-electron chi connectivity index (χ3n) is 4.79. The fourth-order valence-electron chi connectivity index (χ4n) is 3.26. The van der Waals surface area contributed by atoms with E-state index >= 15 is 0 Å². The molecule has 150 valence electrons. The van der Waals surface area contributed by atoms with Gasteiger partial charge in [0.1, 0.15) is 18.0 Å². The molecule has 1 fully saturated rings. The molecule has 0 atom stereocenters. The Kier molecular flexibility index (Phi) is 7.00. The number of aromatic nitrogens is 3. The molecule has 0 unspecified atom stereocenters. The van der Waals surface area contributed by atoms with Crippen molar-refractivity contribution in [3.05, 3.63) is 54.9 Å². The average molecular weight is 385 g/mol. The van der Waals surface area contributed by atoms with E-state index in [0.717, 1.165) is 56.6 Å². The molecule has 2 aromatic rings. The van der Waals surface area contributed by atoms with E-state index in [1.165, 1.54) is 12.1 Å². The minimum atomic E-state index is -0.204. The van der Waals surface area contributed by atoms with Crippen LogP contribution in [0, 0.1) is 5.82 Å². The lowest BCUT2D eigenvalue weighted by Crippen LogP contribution is -2.52. The van der Waals surface area contributed by atoms with Gasteiger partial charge < -0.3 is 19.7 Å². The van der Waals surface area contributed by atoms with Crippen molar-refractivity contribution in [1.82, 2.24) is 25.0 Å². The van der Waals surface area contributed by atoms with Crippen LogP contribution in [-0.4, -0.2) is 64.9 Å². The van der Waals surface area contributed by atoms with Gasteiger partial charge in [0.15, 0.2) is 5.96 Å². The number of rotatable bonds is 7. The van der Waals surface area contributed by atoms with E-state index in [1.807, 2.05) is 22.8 Å². The molecule has 1 aromatic carbocycles. The van der Waals surface area contributed by atoms with Crippen LogP contribution in [0.5, 0.6) is 0 Å². The molecule has 28 heavy (non-hydrogen) atoms. The Balaban J connectivity index is 1.58. The van der Waals surface area contributed by atoms with Crippen LogP contribution in [-0.2, 0) is 13.0 Å². The van der Waals surface area contributed by atoms with Crippen LogP contribution in [0.25, 0.3) is 0 Å². The van der Waals surface area contributed by atoms with E-state index in [9.17, 15) is 4.39 Å². The molecule has 1 aliphatic heterocycles. The van der Waals surface area contributed by atoms with Gasteiger partial charge in [-0.05, 0) is 24.3 Å². The third-order valence-corrected chi connectivity index (χ3v) is 4.79. The highest BCUT2D eigenvalue weighted by molar-refractivity contribution is 5.80. The number of hydrogen-bond donors (Lipinski definition) is 1. The lowest BCUT2D eigenvalue weighted by molar-refractivity contribution is 0.373. The molecule has 2 heterocycles. The summed E-state index contributed by atoms with van der Waals surface area (Å²) in [6.07, 6.45) is 4.45. The van der Waals surface area contributed by atoms with Crippen molar-refractivity contribution in [2.75, 3.05) is 44.2 Å². The van der Waals surface area contributed by atoms with Gasteiger partial charge in [0.2, 0.25) is 0 Å². The molecule has 1 saturated heterocycles. The summed E-state index contributed by atoms with van der Waals surface area (Å²) in [7, 11) is 0. The summed E-state index contributed by atoms with van der Waals surface area (Å²) >= 11 is 0. The van der Waals surface area contributed by atoms with E-state index in [2.05, 4.69) is 38.8 Å². The Bertz CT molecular complexity index is 776. The van der Waals surface area contributed by atoms with Crippen LogP contribution in [0.15, 0.2) is 48.2 Å². The normalized spacial score (nSPS) is 15.0. The van der Waals surface area contributed by atoms with Gasteiger partial charge in [0.25, 0.3) is 0 Å². The first-order chi connectivity index (χ1) is 13.7. The lowest BCUT2D eigenvalue weighted by Gasteiger charge is -2.37. The zero-order valence-corrected chi connectivity index (χ0v) is 16.4. The number of piperazine rings is 1. The maximum absolute atomic E-state index is 13.1. The van der Waals surface area contributed by atoms with E-state index in [1.54, 1.807) is 6.33 Å². The third kappa shape index (κ3) is 5.09. The van der Waals surface area contributed by atoms with Gasteiger partial charge in [-0.2, -0.15) is 0 Å². The molecule has 3 rings (SSSR count). The second-order valence-corrected chi connectivity index (χ2v) is 6.62. The highest BCUT2D eigenvalue weighted by Gasteiger charge is 2.20. The van der Waals surface area contributed by atoms with Gasteiger partial charge in [-0.25, -0.2) is 4.39 Å². The molecule has 0 amide bonds. The first kappa shape index (κ1) is 19.9. The number of aryl methyl sites for hydroxylation is 1. The maximum atomic E-state index is 13.1. The summed E-state index contributed by atoms with van der Waals surface area (Å²) < 4.78 is 15.2. The highest BCUT2D eigenvalue weighted by Crippen LogP contribution is 2.17. The average Bonchev–Trinajstić information content (AvgIpc) is 3.19. The van der Waals surface area contributed by atoms with Crippen molar-refractivity contribution >= 4 is 11.6 Å². The van der Waals surface area contributed by atoms with Crippen molar-refractivity contribution in [3.63, 3.8) is 0 Å². The van der Waals surface area contributed by atoms with Crippen molar-refractivity contribution in [1.29, 1.82) is 0 Å². The van der Waals surface area contributed by atoms with E-state index in [4.69, 9.17) is 4.99 Å². The predicted octanol–water partition coefficient (Wildman–Crippen LogP) is 1.93. The zero-order valence-electron chi connectivity index (χ0n) is 16.4. The minimum Gasteiger partial charge on any atom is -0.368 e. The van der Waals surface area contributed by atoms with Gasteiger partial charge in [0.05, 0.1) is 6.54 Å². The number of nitrogens with one attached hydrogen (secondary N) is 1. The summed E-state index contributed by atoms with van der Waals surface area (Å²) in [6, 6.07) is 6.69. The highest BCUT2D eigenvalue weighted by atomic mass is 19.1. The fraction of sp³-hybridized carbons (Fsp3) is 0.450. The topological polar surface area (TPSA) is 61.6 Å². The zero-order chi connectivity index (χ0) is 19.8. The van der Waals surface area contributed by atoms with Crippen LogP contribution in [0.4, 0.5) is 10.1 Å². The standard InChI is InChI=1S/C20H28FN7/c1-3-9-22-20(23-10-11-28-16-24-25-19(28)4-2)27-14-12-26(13-15-27)18-7-5-17(21)6-8-18/h3,5-8,16H,1,4,9-15H2,2H3,(H,22,23). The Hall–Kier alpha value is -2.90. The summed E-state index contributed by atoms with van der Waals surface area (Å²) in [5.41, 5.74) is 1.05. The van der Waals surface area contributed by atoms with Crippen LogP contribution < -0.4 is 10.2 Å². The molecule has 0 saturated carbocycles. The quantitative estimate of drug-likeness (QED) is 0.448. The predicted molar refractivity (Wildman–Crippen MR) is 110 cm³/mol. The Morgan fingerprint density at radius 2 is 2.00 bits per heavy atom. The van der Waals surface area contributed by atoms with Gasteiger partial charge in [-0.15, -0.1) is 16.8 Å². The molecule has 8 heteroatoms. The summed E-state index contributed by atoms with van der Waals surface area (Å²) in [5, 5.41) is 11.4. The Labute approximate surface area is 165 Å². The monoisotopic (exact) mass is 385 g/mol. The van der Waals surface area contributed by atoms with Crippen molar-refractivity contribution in [2.24, 2.45) is 4.99 Å². The largest absolute Gasteiger partial charge is 0.368 e. The second-order valence-electron chi connectivity index (χ2n) is 6.62. The van der Waals surface area contributed by atoms with Crippen molar-refractivity contribution < 1.29 is 4.39 Å². The molecule has 1 aromatic heterocycles. The number of halogens is 1.